The van der Waals surface area contributed by atoms with E-state index in [0.29, 0.717) is 0 Å². The Bertz CT molecular complexity index is 170. The van der Waals surface area contributed by atoms with Crippen molar-refractivity contribution in [2.24, 2.45) is 0 Å². The van der Waals surface area contributed by atoms with E-state index in [1.807, 2.05) is 0 Å². The van der Waals surface area contributed by atoms with Crippen molar-refractivity contribution in [3.8, 4) is 0 Å². The van der Waals surface area contributed by atoms with Gasteiger partial charge in [0.15, 0.2) is 0 Å². The summed E-state index contributed by atoms with van der Waals surface area (Å²) in [5.74, 6) is -1.02. The van der Waals surface area contributed by atoms with Crippen LogP contribution in [0.4, 0.5) is 0 Å². The second-order valence-electron chi connectivity index (χ2n) is 2.67. The van der Waals surface area contributed by atoms with Gasteiger partial charge in [-0.25, -0.2) is 0 Å². The highest BCUT2D eigenvalue weighted by Gasteiger charge is 2.16. The van der Waals surface area contributed by atoms with E-state index in [-0.39, 0.29) is 26.1 Å². The third-order valence-electron chi connectivity index (χ3n) is 1.42. The Balaban J connectivity index is 3.68. The van der Waals surface area contributed by atoms with Gasteiger partial charge in [0.2, 0.25) is 0 Å². The molecule has 0 amide bonds. The number of carbonyl (C=O) groups excluding carboxylic acids is 2. The highest BCUT2D eigenvalue weighted by molar-refractivity contribution is 5.73. The maximum absolute atomic E-state index is 10.9. The minimum absolute atomic E-state index is 0.174. The van der Waals surface area contributed by atoms with Crippen LogP contribution < -0.4 is 0 Å². The molecule has 0 aromatic heterocycles. The van der Waals surface area contributed by atoms with Gasteiger partial charge in [-0.3, -0.25) is 9.59 Å². The molecule has 0 aromatic rings. The summed E-state index contributed by atoms with van der Waals surface area (Å²) in [4.78, 5) is 21.7. The zero-order valence-corrected chi connectivity index (χ0v) is 8.49. The molecule has 0 aromatic carbocycles. The van der Waals surface area contributed by atoms with Crippen LogP contribution in [0.3, 0.4) is 0 Å². The van der Waals surface area contributed by atoms with Gasteiger partial charge in [0.1, 0.15) is 0 Å². The molecule has 14 heavy (non-hydrogen) atoms. The summed E-state index contributed by atoms with van der Waals surface area (Å²) in [5.41, 5.74) is 0. The SMILES string of the molecule is CCOC(=O)CC(O)CC(=O)OCC. The molecule has 0 aliphatic carbocycles. The predicted octanol–water partition coefficient (Wildman–Crippen LogP) is 0.254. The fourth-order valence-corrected chi connectivity index (χ4v) is 0.897. The fraction of sp³-hybridized carbons (Fsp3) is 0.778. The van der Waals surface area contributed by atoms with Crippen LogP contribution in [-0.4, -0.2) is 36.4 Å². The highest BCUT2D eigenvalue weighted by Crippen LogP contribution is 2.01. The molecule has 0 saturated carbocycles. The van der Waals surface area contributed by atoms with Crippen LogP contribution in [0, 0.1) is 0 Å². The Hall–Kier alpha value is -1.10. The van der Waals surface area contributed by atoms with E-state index in [0.717, 1.165) is 0 Å². The Morgan fingerprint density at radius 1 is 1.07 bits per heavy atom. The van der Waals surface area contributed by atoms with Gasteiger partial charge in [-0.15, -0.1) is 0 Å². The van der Waals surface area contributed by atoms with Crippen molar-refractivity contribution < 1.29 is 24.2 Å². The van der Waals surface area contributed by atoms with Crippen LogP contribution in [0.5, 0.6) is 0 Å². The topological polar surface area (TPSA) is 72.8 Å². The van der Waals surface area contributed by atoms with E-state index in [2.05, 4.69) is 9.47 Å². The number of hydrogen-bond donors (Lipinski definition) is 1. The molecule has 0 aliphatic heterocycles. The van der Waals surface area contributed by atoms with Crippen molar-refractivity contribution in [2.75, 3.05) is 13.2 Å². The number of hydrogen-bond acceptors (Lipinski definition) is 5. The summed E-state index contributed by atoms with van der Waals surface area (Å²) in [6.07, 6.45) is -1.37. The van der Waals surface area contributed by atoms with Gasteiger partial charge in [-0.2, -0.15) is 0 Å². The van der Waals surface area contributed by atoms with E-state index < -0.39 is 18.0 Å². The first kappa shape index (κ1) is 12.9. The van der Waals surface area contributed by atoms with Crippen LogP contribution in [0.2, 0.25) is 0 Å². The van der Waals surface area contributed by atoms with E-state index in [9.17, 15) is 14.7 Å². The lowest BCUT2D eigenvalue weighted by atomic mass is 10.2. The first-order valence-electron chi connectivity index (χ1n) is 4.59. The molecule has 0 radical (unpaired) electrons. The third kappa shape index (κ3) is 6.42. The molecule has 0 saturated heterocycles. The number of aliphatic hydroxyl groups is 1. The van der Waals surface area contributed by atoms with Crippen molar-refractivity contribution >= 4 is 11.9 Å². The zero-order valence-electron chi connectivity index (χ0n) is 8.49. The number of rotatable bonds is 6. The summed E-state index contributed by atoms with van der Waals surface area (Å²) in [6.45, 7) is 3.89. The van der Waals surface area contributed by atoms with Gasteiger partial charge in [-0.1, -0.05) is 0 Å². The number of ether oxygens (including phenoxy) is 2. The normalized spacial score (nSPS) is 10.0. The smallest absolute Gasteiger partial charge is 0.308 e. The second-order valence-corrected chi connectivity index (χ2v) is 2.67. The molecule has 0 rings (SSSR count). The first-order chi connectivity index (χ1) is 6.60. The molecule has 0 atom stereocenters. The van der Waals surface area contributed by atoms with Crippen LogP contribution >= 0.6 is 0 Å². The number of esters is 2. The van der Waals surface area contributed by atoms with Gasteiger partial charge >= 0.3 is 11.9 Å². The molecule has 5 nitrogen and oxygen atoms in total. The monoisotopic (exact) mass is 204 g/mol. The number of carbonyl (C=O) groups is 2. The third-order valence-corrected chi connectivity index (χ3v) is 1.42. The average molecular weight is 204 g/mol. The largest absolute Gasteiger partial charge is 0.466 e. The van der Waals surface area contributed by atoms with Gasteiger partial charge < -0.3 is 14.6 Å². The fourth-order valence-electron chi connectivity index (χ4n) is 0.897. The molecule has 82 valence electrons. The van der Waals surface area contributed by atoms with Crippen LogP contribution in [0.25, 0.3) is 0 Å². The van der Waals surface area contributed by atoms with Gasteiger partial charge in [0.25, 0.3) is 0 Å². The van der Waals surface area contributed by atoms with Gasteiger partial charge in [0, 0.05) is 0 Å². The van der Waals surface area contributed by atoms with Crippen molar-refractivity contribution in [2.45, 2.75) is 32.8 Å². The lowest BCUT2D eigenvalue weighted by Gasteiger charge is -2.08. The summed E-state index contributed by atoms with van der Waals surface area (Å²) in [6, 6.07) is 0. The minimum Gasteiger partial charge on any atom is -0.466 e. The molecule has 1 N–H and O–H groups in total. The van der Waals surface area contributed by atoms with Crippen molar-refractivity contribution in [3.05, 3.63) is 0 Å². The van der Waals surface area contributed by atoms with E-state index in [1.54, 1.807) is 13.8 Å². The van der Waals surface area contributed by atoms with E-state index in [1.165, 1.54) is 0 Å². The Kier molecular flexibility index (Phi) is 6.74. The second kappa shape index (κ2) is 7.32. The molecular weight excluding hydrogens is 188 g/mol. The Labute approximate surface area is 83.0 Å². The molecular formula is C9H16O5. The quantitative estimate of drug-likeness (QED) is 0.628. The predicted molar refractivity (Wildman–Crippen MR) is 48.5 cm³/mol. The molecule has 0 fully saturated rings. The molecule has 0 aliphatic rings. The lowest BCUT2D eigenvalue weighted by molar-refractivity contribution is -0.148. The average Bonchev–Trinajstić information content (AvgIpc) is 2.03. The van der Waals surface area contributed by atoms with Crippen molar-refractivity contribution in [1.29, 1.82) is 0 Å². The maximum Gasteiger partial charge on any atom is 0.308 e. The summed E-state index contributed by atoms with van der Waals surface area (Å²) >= 11 is 0. The summed E-state index contributed by atoms with van der Waals surface area (Å²) in [7, 11) is 0. The molecule has 0 bridgehead atoms. The van der Waals surface area contributed by atoms with Crippen LogP contribution in [0.1, 0.15) is 26.7 Å². The van der Waals surface area contributed by atoms with Gasteiger partial charge in [-0.05, 0) is 13.8 Å². The van der Waals surface area contributed by atoms with E-state index >= 15 is 0 Å². The highest BCUT2D eigenvalue weighted by atomic mass is 16.5. The number of aliphatic hydroxyl groups excluding tert-OH is 1. The summed E-state index contributed by atoms with van der Waals surface area (Å²) < 4.78 is 9.21. The lowest BCUT2D eigenvalue weighted by Crippen LogP contribution is -2.20. The minimum atomic E-state index is -1.02. The van der Waals surface area contributed by atoms with Gasteiger partial charge in [0.05, 0.1) is 32.2 Å². The Morgan fingerprint density at radius 3 is 1.71 bits per heavy atom. The molecule has 0 heterocycles. The van der Waals surface area contributed by atoms with Crippen molar-refractivity contribution in [3.63, 3.8) is 0 Å². The summed E-state index contributed by atoms with van der Waals surface area (Å²) in [5, 5.41) is 9.24. The first-order valence-corrected chi connectivity index (χ1v) is 4.59. The molecule has 0 spiro atoms. The molecule has 0 unspecified atom stereocenters. The van der Waals surface area contributed by atoms with Crippen LogP contribution in [-0.2, 0) is 19.1 Å². The van der Waals surface area contributed by atoms with Crippen molar-refractivity contribution in [1.82, 2.24) is 0 Å². The standard InChI is InChI=1S/C9H16O5/c1-3-13-8(11)5-7(10)6-9(12)14-4-2/h7,10H,3-6H2,1-2H3. The maximum atomic E-state index is 10.9. The molecule has 5 heteroatoms. The Morgan fingerprint density at radius 2 is 1.43 bits per heavy atom. The van der Waals surface area contributed by atoms with Crippen LogP contribution in [0.15, 0.2) is 0 Å². The van der Waals surface area contributed by atoms with E-state index in [4.69, 9.17) is 0 Å². The zero-order chi connectivity index (χ0) is 11.0.